The molecule has 1 aromatic carbocycles. The van der Waals surface area contributed by atoms with Crippen LogP contribution in [0.25, 0.3) is 0 Å². The second-order valence-corrected chi connectivity index (χ2v) is 14.4. The van der Waals surface area contributed by atoms with Crippen LogP contribution in [0.3, 0.4) is 0 Å². The van der Waals surface area contributed by atoms with E-state index in [1.54, 1.807) is 0 Å². The van der Waals surface area contributed by atoms with E-state index in [1.807, 2.05) is 18.2 Å². The fraction of sp³-hybridized carbons (Fsp3) is 0.758. The van der Waals surface area contributed by atoms with E-state index in [1.165, 1.54) is 57.8 Å². The Morgan fingerprint density at radius 1 is 1.03 bits per heavy atom. The van der Waals surface area contributed by atoms with Gasteiger partial charge in [0.1, 0.15) is 5.75 Å². The predicted molar refractivity (Wildman–Crippen MR) is 150 cm³/mol. The fourth-order valence-electron chi connectivity index (χ4n) is 10.6. The van der Waals surface area contributed by atoms with E-state index in [2.05, 4.69) is 39.8 Å². The number of nitrogen functional groups attached to an aromatic ring is 2. The van der Waals surface area contributed by atoms with E-state index in [0.717, 1.165) is 53.6 Å². The summed E-state index contributed by atoms with van der Waals surface area (Å²) in [6.45, 7) is 10.1. The zero-order chi connectivity index (χ0) is 25.2. The van der Waals surface area contributed by atoms with Gasteiger partial charge in [0.25, 0.3) is 0 Å². The molecule has 10 atom stereocenters. The molecule has 3 nitrogen and oxygen atoms in total. The quantitative estimate of drug-likeness (QED) is 0.300. The van der Waals surface area contributed by atoms with Crippen molar-refractivity contribution in [3.05, 3.63) is 30.4 Å². The maximum absolute atomic E-state index is 6.45. The average Bonchev–Trinajstić information content (AvgIpc) is 3.16. The Hall–Kier alpha value is -1.64. The van der Waals surface area contributed by atoms with Crippen molar-refractivity contribution in [2.24, 2.45) is 58.2 Å². The minimum Gasteiger partial charge on any atom is -0.488 e. The molecule has 36 heavy (non-hydrogen) atoms. The summed E-state index contributed by atoms with van der Waals surface area (Å²) in [7, 11) is 0. The summed E-state index contributed by atoms with van der Waals surface area (Å²) in [6, 6.07) is 5.67. The standard InChI is InChI=1S/C33H50N2O/c1-20(2)6-5-7-21(3)27-11-12-28-26-10-8-23-16-25(36-30-13-9-24(34)17-29(30)35)14-15-33(23)19-22(31(26)33)18-32(27,28)4/h8-10,13,17,20-23,25-28,31H,5-7,11-12,14-16,18-19,34-35H2,1-4H3. The van der Waals surface area contributed by atoms with E-state index in [4.69, 9.17) is 16.2 Å². The molecule has 4 N–H and O–H groups in total. The monoisotopic (exact) mass is 490 g/mol. The van der Waals surface area contributed by atoms with Gasteiger partial charge in [-0.25, -0.2) is 0 Å². The molecule has 0 saturated heterocycles. The van der Waals surface area contributed by atoms with E-state index in [-0.39, 0.29) is 6.10 Å². The number of hydrogen-bond acceptors (Lipinski definition) is 3. The van der Waals surface area contributed by atoms with Crippen LogP contribution in [0.5, 0.6) is 5.75 Å². The molecule has 0 heterocycles. The third-order valence-electron chi connectivity index (χ3n) is 12.1. The van der Waals surface area contributed by atoms with Gasteiger partial charge in [0.15, 0.2) is 0 Å². The molecule has 0 aromatic heterocycles. The molecular weight excluding hydrogens is 440 g/mol. The molecule has 10 unspecified atom stereocenters. The van der Waals surface area contributed by atoms with Crippen LogP contribution in [-0.4, -0.2) is 6.10 Å². The number of rotatable bonds is 7. The lowest BCUT2D eigenvalue weighted by Gasteiger charge is -2.70. The van der Waals surface area contributed by atoms with Gasteiger partial charge in [0.2, 0.25) is 0 Å². The topological polar surface area (TPSA) is 61.3 Å². The van der Waals surface area contributed by atoms with Crippen LogP contribution < -0.4 is 16.2 Å². The first-order valence-electron chi connectivity index (χ1n) is 15.2. The molecule has 4 saturated carbocycles. The number of allylic oxidation sites excluding steroid dienone is 2. The third-order valence-corrected chi connectivity index (χ3v) is 12.1. The molecule has 5 aliphatic rings. The van der Waals surface area contributed by atoms with Crippen molar-refractivity contribution in [3.8, 4) is 5.75 Å². The van der Waals surface area contributed by atoms with E-state index < -0.39 is 0 Å². The van der Waals surface area contributed by atoms with Crippen LogP contribution in [0.4, 0.5) is 11.4 Å². The molecule has 0 aliphatic heterocycles. The minimum atomic E-state index is 0.267. The Morgan fingerprint density at radius 2 is 1.86 bits per heavy atom. The lowest BCUT2D eigenvalue weighted by molar-refractivity contribution is -0.202. The highest BCUT2D eigenvalue weighted by Gasteiger charge is 2.69. The molecule has 6 rings (SSSR count). The van der Waals surface area contributed by atoms with Crippen LogP contribution in [0.15, 0.2) is 30.4 Å². The largest absolute Gasteiger partial charge is 0.488 e. The van der Waals surface area contributed by atoms with E-state index >= 15 is 0 Å². The highest BCUT2D eigenvalue weighted by atomic mass is 16.5. The third kappa shape index (κ3) is 3.81. The van der Waals surface area contributed by atoms with Gasteiger partial charge in [-0.3, -0.25) is 0 Å². The highest BCUT2D eigenvalue weighted by Crippen LogP contribution is 2.75. The maximum Gasteiger partial charge on any atom is 0.142 e. The summed E-state index contributed by atoms with van der Waals surface area (Å²) in [5, 5.41) is 0. The normalized spacial score (nSPS) is 43.3. The average molecular weight is 491 g/mol. The van der Waals surface area contributed by atoms with Crippen molar-refractivity contribution in [3.63, 3.8) is 0 Å². The second-order valence-electron chi connectivity index (χ2n) is 14.4. The molecule has 1 spiro atoms. The van der Waals surface area contributed by atoms with Crippen LogP contribution in [0.2, 0.25) is 0 Å². The Bertz CT molecular complexity index is 1000. The van der Waals surface area contributed by atoms with Gasteiger partial charge in [-0.2, -0.15) is 0 Å². The zero-order valence-electron chi connectivity index (χ0n) is 23.2. The molecule has 1 aromatic rings. The Labute approximate surface area is 219 Å². The Kier molecular flexibility index (Phi) is 6.16. The number of nitrogens with two attached hydrogens (primary N) is 2. The van der Waals surface area contributed by atoms with E-state index in [9.17, 15) is 0 Å². The highest BCUT2D eigenvalue weighted by molar-refractivity contribution is 5.60. The number of anilines is 2. The molecule has 5 aliphatic carbocycles. The number of hydrogen-bond donors (Lipinski definition) is 2. The van der Waals surface area contributed by atoms with Crippen molar-refractivity contribution < 1.29 is 4.74 Å². The van der Waals surface area contributed by atoms with Crippen LogP contribution >= 0.6 is 0 Å². The van der Waals surface area contributed by atoms with Gasteiger partial charge in [-0.1, -0.05) is 59.1 Å². The summed E-state index contributed by atoms with van der Waals surface area (Å²) < 4.78 is 6.45. The van der Waals surface area contributed by atoms with Crippen molar-refractivity contribution in [2.75, 3.05) is 11.5 Å². The molecular formula is C33H50N2O. The summed E-state index contributed by atoms with van der Waals surface area (Å²) in [4.78, 5) is 0. The first-order valence-corrected chi connectivity index (χ1v) is 15.2. The van der Waals surface area contributed by atoms with Crippen LogP contribution in [0.1, 0.15) is 91.9 Å². The van der Waals surface area contributed by atoms with E-state index in [0.29, 0.717) is 28.1 Å². The summed E-state index contributed by atoms with van der Waals surface area (Å²) in [6.07, 6.45) is 19.5. The lowest BCUT2D eigenvalue weighted by atomic mass is 9.34. The van der Waals surface area contributed by atoms with Gasteiger partial charge in [0.05, 0.1) is 11.8 Å². The number of fused-ring (bicyclic) bond motifs is 2. The maximum atomic E-state index is 6.45. The van der Waals surface area contributed by atoms with Crippen LogP contribution in [-0.2, 0) is 0 Å². The predicted octanol–water partition coefficient (Wildman–Crippen LogP) is 8.11. The minimum absolute atomic E-state index is 0.267. The van der Waals surface area contributed by atoms with Crippen molar-refractivity contribution >= 4 is 11.4 Å². The SMILES string of the molecule is CC(C)CCCC(C)C1CCC2C3C=CC4CC(Oc5ccc(N)cc5N)CCC45CC(CC12C)C35. The summed E-state index contributed by atoms with van der Waals surface area (Å²) in [5.74, 6) is 7.79. The Balaban J connectivity index is 1.16. The van der Waals surface area contributed by atoms with Gasteiger partial charge >= 0.3 is 0 Å². The number of benzene rings is 1. The molecule has 0 amide bonds. The van der Waals surface area contributed by atoms with Gasteiger partial charge in [0, 0.05) is 5.69 Å². The summed E-state index contributed by atoms with van der Waals surface area (Å²) in [5.41, 5.74) is 14.6. The molecule has 198 valence electrons. The lowest BCUT2D eigenvalue weighted by Crippen LogP contribution is -2.64. The first-order chi connectivity index (χ1) is 17.2. The zero-order valence-corrected chi connectivity index (χ0v) is 23.2. The van der Waals surface area contributed by atoms with Gasteiger partial charge in [-0.15, -0.1) is 0 Å². The molecule has 0 bridgehead atoms. The van der Waals surface area contributed by atoms with Gasteiger partial charge in [-0.05, 0) is 121 Å². The van der Waals surface area contributed by atoms with Crippen molar-refractivity contribution in [1.29, 1.82) is 0 Å². The molecule has 4 fully saturated rings. The fourth-order valence-corrected chi connectivity index (χ4v) is 10.6. The van der Waals surface area contributed by atoms with Gasteiger partial charge < -0.3 is 16.2 Å². The second kappa shape index (κ2) is 8.98. The summed E-state index contributed by atoms with van der Waals surface area (Å²) >= 11 is 0. The first kappa shape index (κ1) is 24.7. The van der Waals surface area contributed by atoms with Crippen molar-refractivity contribution in [2.45, 2.75) is 98.0 Å². The van der Waals surface area contributed by atoms with Crippen molar-refractivity contribution in [1.82, 2.24) is 0 Å². The molecule has 3 heteroatoms. The smallest absolute Gasteiger partial charge is 0.142 e. The Morgan fingerprint density at radius 3 is 2.64 bits per heavy atom. The molecule has 0 radical (unpaired) electrons. The van der Waals surface area contributed by atoms with Crippen LogP contribution in [0, 0.1) is 58.2 Å². The number of ether oxygens (including phenoxy) is 1.